The van der Waals surface area contributed by atoms with Crippen molar-refractivity contribution in [2.75, 3.05) is 0 Å². The van der Waals surface area contributed by atoms with Crippen molar-refractivity contribution >= 4 is 33.9 Å². The van der Waals surface area contributed by atoms with Crippen LogP contribution in [0.4, 0.5) is 5.69 Å². The Bertz CT molecular complexity index is 477. The van der Waals surface area contributed by atoms with Gasteiger partial charge >= 0.3 is 0 Å². The Labute approximate surface area is 95.5 Å². The van der Waals surface area contributed by atoms with Gasteiger partial charge in [-0.3, -0.25) is 10.1 Å². The Morgan fingerprint density at radius 1 is 1.60 bits per heavy atom. The molecule has 1 aromatic rings. The topological polar surface area (TPSA) is 66.9 Å². The van der Waals surface area contributed by atoms with E-state index in [2.05, 4.69) is 0 Å². The molecule has 1 aromatic carbocycles. The summed E-state index contributed by atoms with van der Waals surface area (Å²) < 4.78 is 0. The Hall–Kier alpha value is -1.57. The Morgan fingerprint density at radius 3 is 2.80 bits per heavy atom. The number of hydrogen-bond acceptors (Lipinski definition) is 3. The molecular weight excluding hydrogens is 239 g/mol. The number of halogens is 2. The zero-order valence-electron chi connectivity index (χ0n) is 7.28. The molecule has 0 N–H and O–H groups in total. The molecule has 0 saturated carbocycles. The summed E-state index contributed by atoms with van der Waals surface area (Å²) in [7, 11) is 0. The Morgan fingerprint density at radius 2 is 2.27 bits per heavy atom. The van der Waals surface area contributed by atoms with E-state index in [1.807, 2.05) is 0 Å². The van der Waals surface area contributed by atoms with Gasteiger partial charge in [-0.05, 0) is 6.07 Å². The summed E-state index contributed by atoms with van der Waals surface area (Å²) in [5.41, 5.74) is -0.161. The van der Waals surface area contributed by atoms with Gasteiger partial charge < -0.3 is 0 Å². The maximum absolute atomic E-state index is 10.7. The van der Waals surface area contributed by atoms with Crippen LogP contribution in [0, 0.1) is 21.4 Å². The van der Waals surface area contributed by atoms with Crippen molar-refractivity contribution in [3.63, 3.8) is 0 Å². The predicted molar refractivity (Wildman–Crippen MR) is 57.5 cm³/mol. The van der Waals surface area contributed by atoms with E-state index in [1.54, 1.807) is 6.07 Å². The highest BCUT2D eigenvalue weighted by atomic mass is 35.5. The fourth-order valence-corrected chi connectivity index (χ4v) is 1.60. The van der Waals surface area contributed by atoms with E-state index in [0.717, 1.165) is 6.08 Å². The van der Waals surface area contributed by atoms with Crippen molar-refractivity contribution in [3.05, 3.63) is 45.0 Å². The molecule has 0 bridgehead atoms. The highest BCUT2D eigenvalue weighted by Gasteiger charge is 2.18. The summed E-state index contributed by atoms with van der Waals surface area (Å²) in [5, 5.41) is 19.1. The van der Waals surface area contributed by atoms with Gasteiger partial charge in [0.05, 0.1) is 26.6 Å². The normalized spacial score (nSPS) is 10.9. The predicted octanol–water partition coefficient (Wildman–Crippen LogP) is 3.35. The molecule has 0 spiro atoms. The molecule has 76 valence electrons. The Balaban J connectivity index is 3.45. The number of hydrogen-bond donors (Lipinski definition) is 0. The van der Waals surface area contributed by atoms with Crippen molar-refractivity contribution in [2.24, 2.45) is 0 Å². The number of rotatable bonds is 2. The summed E-state index contributed by atoms with van der Waals surface area (Å²) in [6, 6.07) is 5.87. The fourth-order valence-electron chi connectivity index (χ4n) is 1.03. The molecule has 0 saturated heterocycles. The van der Waals surface area contributed by atoms with Gasteiger partial charge in [-0.25, -0.2) is 0 Å². The van der Waals surface area contributed by atoms with Gasteiger partial charge in [-0.2, -0.15) is 5.26 Å². The van der Waals surface area contributed by atoms with E-state index in [0.29, 0.717) is 0 Å². The third-order valence-electron chi connectivity index (χ3n) is 1.62. The highest BCUT2D eigenvalue weighted by molar-refractivity contribution is 6.51. The van der Waals surface area contributed by atoms with Gasteiger partial charge in [0, 0.05) is 12.1 Å². The van der Waals surface area contributed by atoms with Crippen molar-refractivity contribution in [1.29, 1.82) is 5.26 Å². The quantitative estimate of drug-likeness (QED) is 0.454. The maximum Gasteiger partial charge on any atom is 0.279 e. The first kappa shape index (κ1) is 11.5. The van der Waals surface area contributed by atoms with Gasteiger partial charge in [0.15, 0.2) is 0 Å². The average molecular weight is 243 g/mol. The summed E-state index contributed by atoms with van der Waals surface area (Å²) >= 11 is 11.5. The second-order valence-corrected chi connectivity index (χ2v) is 3.33. The summed E-state index contributed by atoms with van der Waals surface area (Å²) in [4.78, 5) is 10.1. The zero-order valence-corrected chi connectivity index (χ0v) is 8.79. The van der Waals surface area contributed by atoms with Crippen LogP contribution in [-0.2, 0) is 0 Å². The van der Waals surface area contributed by atoms with Crippen LogP contribution in [0.3, 0.4) is 0 Å². The lowest BCUT2D eigenvalue weighted by molar-refractivity contribution is -0.385. The first-order chi connectivity index (χ1) is 7.07. The van der Waals surface area contributed by atoms with E-state index in [1.165, 1.54) is 18.2 Å². The minimum atomic E-state index is -0.602. The molecule has 6 heteroatoms. The second kappa shape index (κ2) is 4.78. The molecule has 4 nitrogen and oxygen atoms in total. The van der Waals surface area contributed by atoms with Crippen LogP contribution >= 0.6 is 23.2 Å². The van der Waals surface area contributed by atoms with E-state index < -0.39 is 4.92 Å². The molecule has 0 fully saturated rings. The summed E-state index contributed by atoms with van der Waals surface area (Å²) in [6.45, 7) is 0. The molecule has 0 aliphatic rings. The van der Waals surface area contributed by atoms with Crippen LogP contribution < -0.4 is 0 Å². The van der Waals surface area contributed by atoms with Crippen LogP contribution in [0.2, 0.25) is 5.02 Å². The molecular formula is C9H4Cl2N2O2. The third kappa shape index (κ3) is 2.46. The minimum absolute atomic E-state index is 0.0465. The number of nitro groups is 1. The molecule has 0 atom stereocenters. The Kier molecular flexibility index (Phi) is 3.67. The largest absolute Gasteiger partial charge is 0.279 e. The SMILES string of the molecule is N#C/C=C(\Cl)c1c(Cl)cccc1[N+](=O)[O-]. The summed E-state index contributed by atoms with van der Waals surface area (Å²) in [5.74, 6) is 0. The molecule has 0 aromatic heterocycles. The van der Waals surface area contributed by atoms with Crippen molar-refractivity contribution in [2.45, 2.75) is 0 Å². The lowest BCUT2D eigenvalue weighted by atomic mass is 10.1. The molecule has 0 unspecified atom stereocenters. The van der Waals surface area contributed by atoms with Crippen molar-refractivity contribution < 1.29 is 4.92 Å². The van der Waals surface area contributed by atoms with Crippen molar-refractivity contribution in [3.8, 4) is 6.07 Å². The van der Waals surface area contributed by atoms with Crippen LogP contribution in [0.15, 0.2) is 24.3 Å². The number of benzene rings is 1. The smallest absolute Gasteiger partial charge is 0.258 e. The number of nitrogens with zero attached hydrogens (tertiary/aromatic N) is 2. The standard InChI is InChI=1S/C9H4Cl2N2O2/c10-6-2-1-3-8(13(14)15)9(6)7(11)4-5-12/h1-4H/b7-4-. The third-order valence-corrected chi connectivity index (χ3v) is 2.23. The van der Waals surface area contributed by atoms with Crippen LogP contribution in [0.25, 0.3) is 5.03 Å². The average Bonchev–Trinajstić information content (AvgIpc) is 2.17. The molecule has 0 radical (unpaired) electrons. The number of nitriles is 1. The fraction of sp³-hybridized carbons (Fsp3) is 0. The zero-order chi connectivity index (χ0) is 11.4. The van der Waals surface area contributed by atoms with Crippen molar-refractivity contribution in [1.82, 2.24) is 0 Å². The van der Waals surface area contributed by atoms with Crippen LogP contribution in [-0.4, -0.2) is 4.92 Å². The van der Waals surface area contributed by atoms with E-state index in [4.69, 9.17) is 28.5 Å². The minimum Gasteiger partial charge on any atom is -0.258 e. The highest BCUT2D eigenvalue weighted by Crippen LogP contribution is 2.34. The summed E-state index contributed by atoms with van der Waals surface area (Å²) in [6.07, 6.45) is 0.996. The molecule has 1 rings (SSSR count). The molecule has 0 aliphatic carbocycles. The first-order valence-corrected chi connectivity index (χ1v) is 4.52. The molecule has 0 amide bonds. The second-order valence-electron chi connectivity index (χ2n) is 2.51. The molecule has 0 aliphatic heterocycles. The first-order valence-electron chi connectivity index (χ1n) is 3.76. The lowest BCUT2D eigenvalue weighted by Gasteiger charge is -2.02. The van der Waals surface area contributed by atoms with Gasteiger partial charge in [0.2, 0.25) is 0 Å². The molecule has 0 heterocycles. The molecule has 15 heavy (non-hydrogen) atoms. The lowest BCUT2D eigenvalue weighted by Crippen LogP contribution is -1.93. The maximum atomic E-state index is 10.7. The van der Waals surface area contributed by atoms with E-state index in [9.17, 15) is 10.1 Å². The number of nitro benzene ring substituents is 1. The van der Waals surface area contributed by atoms with Gasteiger partial charge in [-0.1, -0.05) is 29.3 Å². The van der Waals surface area contributed by atoms with Gasteiger partial charge in [0.25, 0.3) is 5.69 Å². The van der Waals surface area contributed by atoms with Gasteiger partial charge in [0.1, 0.15) is 0 Å². The van der Waals surface area contributed by atoms with Gasteiger partial charge in [-0.15, -0.1) is 0 Å². The van der Waals surface area contributed by atoms with Crippen LogP contribution in [0.1, 0.15) is 5.56 Å². The van der Waals surface area contributed by atoms with E-state index >= 15 is 0 Å². The van der Waals surface area contributed by atoms with Crippen LogP contribution in [0.5, 0.6) is 0 Å². The monoisotopic (exact) mass is 242 g/mol. The van der Waals surface area contributed by atoms with E-state index in [-0.39, 0.29) is 21.3 Å². The number of allylic oxidation sites excluding steroid dienone is 1.